The molecule has 0 aliphatic heterocycles. The zero-order valence-electron chi connectivity index (χ0n) is 23.4. The molecule has 3 nitrogen and oxygen atoms in total. The van der Waals surface area contributed by atoms with Crippen LogP contribution in [0.25, 0.3) is 23.1 Å². The second kappa shape index (κ2) is 12.6. The highest BCUT2D eigenvalue weighted by Gasteiger charge is 2.27. The van der Waals surface area contributed by atoms with E-state index in [1.807, 2.05) is 44.2 Å². The summed E-state index contributed by atoms with van der Waals surface area (Å²) in [4.78, 5) is 16.5. The van der Waals surface area contributed by atoms with Crippen LogP contribution in [0.3, 0.4) is 0 Å². The van der Waals surface area contributed by atoms with Crippen molar-refractivity contribution in [2.75, 3.05) is 5.75 Å². The number of aryl methyl sites for hydroxylation is 1. The Hall–Kier alpha value is -3.08. The summed E-state index contributed by atoms with van der Waals surface area (Å²) in [6.07, 6.45) is 8.86. The number of carbonyl (C=O) groups is 1. The maximum Gasteiger partial charge on any atom is 0.303 e. The molecule has 1 unspecified atom stereocenters. The Labute approximate surface area is 247 Å². The highest BCUT2D eigenvalue weighted by Crippen LogP contribution is 2.41. The average molecular weight is 570 g/mol. The molecule has 0 bridgehead atoms. The van der Waals surface area contributed by atoms with Crippen molar-refractivity contribution >= 4 is 52.4 Å². The Morgan fingerprint density at radius 3 is 2.65 bits per heavy atom. The van der Waals surface area contributed by atoms with Gasteiger partial charge in [0.05, 0.1) is 11.2 Å². The molecule has 1 aliphatic carbocycles. The molecule has 5 rings (SSSR count). The lowest BCUT2D eigenvalue weighted by molar-refractivity contribution is -0.154. The number of pyridine rings is 1. The molecule has 40 heavy (non-hydrogen) atoms. The lowest BCUT2D eigenvalue weighted by atomic mass is 9.90. The minimum atomic E-state index is -0.661. The van der Waals surface area contributed by atoms with Gasteiger partial charge in [-0.2, -0.15) is 11.8 Å². The first-order chi connectivity index (χ1) is 19.3. The van der Waals surface area contributed by atoms with Crippen LogP contribution in [0.1, 0.15) is 73.2 Å². The van der Waals surface area contributed by atoms with Crippen molar-refractivity contribution in [1.82, 2.24) is 4.98 Å². The highest BCUT2D eigenvalue weighted by atomic mass is 35.5. The number of hydrogen-bond acceptors (Lipinski definition) is 4. The molecule has 1 saturated carbocycles. The molecule has 5 heteroatoms. The van der Waals surface area contributed by atoms with Crippen molar-refractivity contribution in [1.29, 1.82) is 0 Å². The van der Waals surface area contributed by atoms with Crippen LogP contribution < -0.4 is 0 Å². The van der Waals surface area contributed by atoms with Gasteiger partial charge in [0.15, 0.2) is 0 Å². The number of fused-ring (bicyclic) bond motifs is 1. The van der Waals surface area contributed by atoms with Crippen molar-refractivity contribution in [2.45, 2.75) is 57.3 Å². The SMILES string of the molecule is CC(=O)OC(C)(C)c1ccccc1CCC(SCC1CC1)c1cccc(C=Cc2ccc3ccc(Cl)cc3n2)c1. The van der Waals surface area contributed by atoms with Gasteiger partial charge in [-0.3, -0.25) is 4.79 Å². The smallest absolute Gasteiger partial charge is 0.303 e. The number of rotatable bonds is 11. The van der Waals surface area contributed by atoms with Crippen molar-refractivity contribution in [3.05, 3.63) is 112 Å². The summed E-state index contributed by atoms with van der Waals surface area (Å²) in [6, 6.07) is 27.2. The molecule has 0 amide bonds. The molecule has 0 radical (unpaired) electrons. The number of nitrogens with zero attached hydrogens (tertiary/aromatic N) is 1. The number of carbonyl (C=O) groups excluding carboxylic acids is 1. The van der Waals surface area contributed by atoms with E-state index < -0.39 is 5.60 Å². The summed E-state index contributed by atoms with van der Waals surface area (Å²) < 4.78 is 5.69. The van der Waals surface area contributed by atoms with Crippen molar-refractivity contribution in [3.8, 4) is 0 Å². The standard InChI is InChI=1S/C35H36ClNO2S/c1-24(38)39-35(2,3)32-10-5-4-8-27(32)16-20-34(40-23-26-11-12-26)29-9-6-7-25(21-29)13-18-31-19-15-28-14-17-30(36)22-33(28)37-31/h4-10,13-15,17-19,21-22,26,34H,11-12,16,20,23H2,1-3H3. The summed E-state index contributed by atoms with van der Waals surface area (Å²) in [5.74, 6) is 1.80. The Morgan fingerprint density at radius 1 is 1.05 bits per heavy atom. The van der Waals surface area contributed by atoms with Gasteiger partial charge in [0.1, 0.15) is 5.60 Å². The molecular weight excluding hydrogens is 534 g/mol. The fourth-order valence-corrected chi connectivity index (χ4v) is 6.78. The molecule has 0 N–H and O–H groups in total. The molecule has 4 aromatic rings. The van der Waals surface area contributed by atoms with E-state index in [1.54, 1.807) is 0 Å². The van der Waals surface area contributed by atoms with Crippen LogP contribution >= 0.6 is 23.4 Å². The molecule has 3 aromatic carbocycles. The number of esters is 1. The molecule has 206 valence electrons. The van der Waals surface area contributed by atoms with Gasteiger partial charge in [0, 0.05) is 22.6 Å². The number of benzene rings is 3. The molecule has 1 aromatic heterocycles. The topological polar surface area (TPSA) is 39.2 Å². The minimum absolute atomic E-state index is 0.259. The van der Waals surface area contributed by atoms with Crippen LogP contribution in [0.15, 0.2) is 78.9 Å². The lowest BCUT2D eigenvalue weighted by Gasteiger charge is -2.28. The second-order valence-corrected chi connectivity index (χ2v) is 12.8. The van der Waals surface area contributed by atoms with E-state index in [0.717, 1.165) is 40.9 Å². The van der Waals surface area contributed by atoms with E-state index in [4.69, 9.17) is 21.3 Å². The second-order valence-electron chi connectivity index (χ2n) is 11.1. The Balaban J connectivity index is 1.34. The van der Waals surface area contributed by atoms with Crippen LogP contribution in [0.5, 0.6) is 0 Å². The average Bonchev–Trinajstić information content (AvgIpc) is 3.76. The van der Waals surface area contributed by atoms with Gasteiger partial charge >= 0.3 is 5.97 Å². The molecule has 1 heterocycles. The van der Waals surface area contributed by atoms with E-state index in [-0.39, 0.29) is 5.97 Å². The van der Waals surface area contributed by atoms with Crippen molar-refractivity contribution in [2.24, 2.45) is 5.92 Å². The molecule has 1 fully saturated rings. The van der Waals surface area contributed by atoms with E-state index in [1.165, 1.54) is 42.2 Å². The molecule has 1 atom stereocenters. The first kappa shape index (κ1) is 28.4. The Kier molecular flexibility index (Phi) is 8.97. The van der Waals surface area contributed by atoms with E-state index >= 15 is 0 Å². The van der Waals surface area contributed by atoms with Gasteiger partial charge in [-0.1, -0.05) is 78.3 Å². The van der Waals surface area contributed by atoms with Crippen LogP contribution in [0.2, 0.25) is 5.02 Å². The van der Waals surface area contributed by atoms with E-state index in [0.29, 0.717) is 10.3 Å². The van der Waals surface area contributed by atoms with Gasteiger partial charge in [-0.15, -0.1) is 0 Å². The number of thioether (sulfide) groups is 1. The zero-order chi connectivity index (χ0) is 28.1. The monoisotopic (exact) mass is 569 g/mol. The first-order valence-electron chi connectivity index (χ1n) is 14.0. The predicted octanol–water partition coefficient (Wildman–Crippen LogP) is 9.67. The molecular formula is C35H36ClNO2S. The Morgan fingerprint density at radius 2 is 1.85 bits per heavy atom. The van der Waals surface area contributed by atoms with Gasteiger partial charge in [0.25, 0.3) is 0 Å². The van der Waals surface area contributed by atoms with Crippen molar-refractivity contribution < 1.29 is 9.53 Å². The predicted molar refractivity (Wildman–Crippen MR) is 170 cm³/mol. The molecule has 0 spiro atoms. The Bertz CT molecular complexity index is 1530. The van der Waals surface area contributed by atoms with Gasteiger partial charge < -0.3 is 4.74 Å². The van der Waals surface area contributed by atoms with Crippen LogP contribution in [0, 0.1) is 5.92 Å². The van der Waals surface area contributed by atoms with E-state index in [9.17, 15) is 4.79 Å². The number of aromatic nitrogens is 1. The maximum absolute atomic E-state index is 11.8. The third kappa shape index (κ3) is 7.56. The summed E-state index contributed by atoms with van der Waals surface area (Å²) in [6.45, 7) is 5.42. The summed E-state index contributed by atoms with van der Waals surface area (Å²) in [5.41, 5.74) is 5.98. The van der Waals surface area contributed by atoms with Crippen LogP contribution in [-0.2, 0) is 21.6 Å². The third-order valence-corrected chi connectivity index (χ3v) is 9.18. The maximum atomic E-state index is 11.8. The lowest BCUT2D eigenvalue weighted by Crippen LogP contribution is -2.25. The summed E-state index contributed by atoms with van der Waals surface area (Å²) in [5, 5.41) is 2.16. The first-order valence-corrected chi connectivity index (χ1v) is 15.4. The van der Waals surface area contributed by atoms with Crippen molar-refractivity contribution in [3.63, 3.8) is 0 Å². The van der Waals surface area contributed by atoms with Crippen LogP contribution in [0.4, 0.5) is 0 Å². The summed E-state index contributed by atoms with van der Waals surface area (Å²) >= 11 is 8.26. The summed E-state index contributed by atoms with van der Waals surface area (Å²) in [7, 11) is 0. The molecule has 1 aliphatic rings. The minimum Gasteiger partial charge on any atom is -0.455 e. The number of halogens is 1. The molecule has 0 saturated heterocycles. The quantitative estimate of drug-likeness (QED) is 0.168. The van der Waals surface area contributed by atoms with Gasteiger partial charge in [-0.25, -0.2) is 4.98 Å². The fourth-order valence-electron chi connectivity index (χ4n) is 5.15. The third-order valence-electron chi connectivity index (χ3n) is 7.38. The van der Waals surface area contributed by atoms with E-state index in [2.05, 4.69) is 72.4 Å². The normalized spacial score (nSPS) is 14.5. The van der Waals surface area contributed by atoms with Gasteiger partial charge in [-0.05, 0) is 97.7 Å². The highest BCUT2D eigenvalue weighted by molar-refractivity contribution is 7.99. The van der Waals surface area contributed by atoms with Gasteiger partial charge in [0.2, 0.25) is 0 Å². The zero-order valence-corrected chi connectivity index (χ0v) is 25.0. The number of hydrogen-bond donors (Lipinski definition) is 0. The fraction of sp³-hybridized carbons (Fsp3) is 0.314. The number of ether oxygens (including phenoxy) is 1. The van der Waals surface area contributed by atoms with Crippen LogP contribution in [-0.4, -0.2) is 16.7 Å². The largest absolute Gasteiger partial charge is 0.455 e.